The Morgan fingerprint density at radius 1 is 1.15 bits per heavy atom. The van der Waals surface area contributed by atoms with Gasteiger partial charge in [-0.15, -0.1) is 0 Å². The quantitative estimate of drug-likeness (QED) is 0.410. The van der Waals surface area contributed by atoms with E-state index < -0.39 is 6.04 Å². The summed E-state index contributed by atoms with van der Waals surface area (Å²) in [6.07, 6.45) is 4.47. The number of nitrogens with two attached hydrogens (primary N) is 1. The summed E-state index contributed by atoms with van der Waals surface area (Å²) in [5.41, 5.74) is 8.65. The van der Waals surface area contributed by atoms with Gasteiger partial charge in [-0.2, -0.15) is 10.2 Å². The van der Waals surface area contributed by atoms with Crippen LogP contribution < -0.4 is 16.6 Å². The van der Waals surface area contributed by atoms with E-state index in [-0.39, 0.29) is 17.1 Å². The lowest BCUT2D eigenvalue weighted by molar-refractivity contribution is 0.420. The van der Waals surface area contributed by atoms with Crippen molar-refractivity contribution in [3.8, 4) is 22.9 Å². The highest BCUT2D eigenvalue weighted by molar-refractivity contribution is 5.96. The van der Waals surface area contributed by atoms with Crippen LogP contribution >= 0.6 is 0 Å². The lowest BCUT2D eigenvalue weighted by atomic mass is 10.00. The Morgan fingerprint density at radius 2 is 1.97 bits per heavy atom. The number of pyridine rings is 1. The van der Waals surface area contributed by atoms with E-state index in [0.717, 1.165) is 16.5 Å². The number of anilines is 2. The van der Waals surface area contributed by atoms with E-state index in [1.165, 1.54) is 12.5 Å². The van der Waals surface area contributed by atoms with Crippen LogP contribution in [-0.2, 0) is 0 Å². The van der Waals surface area contributed by atoms with Gasteiger partial charge < -0.3 is 15.6 Å². The third-order valence-electron chi connectivity index (χ3n) is 5.56. The Hall–Kier alpha value is -4.97. The highest BCUT2D eigenvalue weighted by atomic mass is 16.5. The molecule has 0 saturated heterocycles. The summed E-state index contributed by atoms with van der Waals surface area (Å²) in [4.78, 5) is 22.0. The van der Waals surface area contributed by atoms with Crippen molar-refractivity contribution >= 4 is 22.5 Å². The average molecular weight is 449 g/mol. The first kappa shape index (κ1) is 20.9. The standard InChI is InChI=1S/C25H19N7O2/c1-15(30-23-17(11-26)12-28-25(27)31-23)21-10-16-6-5-9-20(18-13-29-34-14-18)22(16)24(33)32(21)19-7-3-2-4-8-19/h2-10,12-15H,1H3,(H3,27,28,30,31)/t15-/m0/s1. The molecule has 0 aliphatic heterocycles. The molecule has 9 heteroatoms. The Balaban J connectivity index is 1.74. The van der Waals surface area contributed by atoms with Gasteiger partial charge in [0.1, 0.15) is 23.7 Å². The zero-order chi connectivity index (χ0) is 23.7. The van der Waals surface area contributed by atoms with E-state index in [4.69, 9.17) is 10.3 Å². The third-order valence-corrected chi connectivity index (χ3v) is 5.56. The molecule has 34 heavy (non-hydrogen) atoms. The van der Waals surface area contributed by atoms with Gasteiger partial charge in [0.15, 0.2) is 0 Å². The van der Waals surface area contributed by atoms with Crippen molar-refractivity contribution in [1.29, 1.82) is 5.26 Å². The number of hydrogen-bond donors (Lipinski definition) is 2. The molecule has 1 atom stereocenters. The van der Waals surface area contributed by atoms with Crippen molar-refractivity contribution in [2.24, 2.45) is 0 Å². The van der Waals surface area contributed by atoms with Gasteiger partial charge in [-0.3, -0.25) is 9.36 Å². The Morgan fingerprint density at radius 3 is 2.71 bits per heavy atom. The summed E-state index contributed by atoms with van der Waals surface area (Å²) in [6, 6.07) is 18.6. The molecule has 3 aromatic heterocycles. The third kappa shape index (κ3) is 3.63. The first-order chi connectivity index (χ1) is 16.6. The zero-order valence-corrected chi connectivity index (χ0v) is 18.1. The minimum absolute atomic E-state index is 0.0472. The smallest absolute Gasteiger partial charge is 0.263 e. The van der Waals surface area contributed by atoms with E-state index in [2.05, 4.69) is 26.5 Å². The van der Waals surface area contributed by atoms with E-state index in [0.29, 0.717) is 22.6 Å². The van der Waals surface area contributed by atoms with Crippen LogP contribution in [0, 0.1) is 11.3 Å². The molecule has 0 amide bonds. The molecule has 0 fully saturated rings. The normalized spacial score (nSPS) is 11.8. The monoisotopic (exact) mass is 449 g/mol. The Kier molecular flexibility index (Phi) is 5.24. The summed E-state index contributed by atoms with van der Waals surface area (Å²) in [5, 5.41) is 17.8. The summed E-state index contributed by atoms with van der Waals surface area (Å²) in [7, 11) is 0. The predicted octanol–water partition coefficient (Wildman–Crippen LogP) is 4.06. The molecule has 5 rings (SSSR count). The maximum absolute atomic E-state index is 14.0. The van der Waals surface area contributed by atoms with Gasteiger partial charge in [-0.25, -0.2) is 4.98 Å². The lowest BCUT2D eigenvalue weighted by Gasteiger charge is -2.22. The topological polar surface area (TPSA) is 136 Å². The molecular weight excluding hydrogens is 430 g/mol. The van der Waals surface area contributed by atoms with Crippen LogP contribution in [0.4, 0.5) is 11.8 Å². The molecule has 0 saturated carbocycles. The van der Waals surface area contributed by atoms with Crippen LogP contribution in [0.25, 0.3) is 27.6 Å². The van der Waals surface area contributed by atoms with Crippen molar-refractivity contribution in [2.45, 2.75) is 13.0 Å². The molecule has 0 unspecified atom stereocenters. The van der Waals surface area contributed by atoms with Crippen LogP contribution in [0.2, 0.25) is 0 Å². The molecule has 0 aliphatic rings. The van der Waals surface area contributed by atoms with Crippen LogP contribution in [-0.4, -0.2) is 19.7 Å². The zero-order valence-electron chi connectivity index (χ0n) is 18.1. The second-order valence-corrected chi connectivity index (χ2v) is 7.70. The van der Waals surface area contributed by atoms with Crippen molar-refractivity contribution in [3.63, 3.8) is 0 Å². The van der Waals surface area contributed by atoms with Crippen LogP contribution in [0.3, 0.4) is 0 Å². The van der Waals surface area contributed by atoms with Gasteiger partial charge in [0, 0.05) is 16.9 Å². The first-order valence-electron chi connectivity index (χ1n) is 10.5. The number of aromatic nitrogens is 4. The maximum Gasteiger partial charge on any atom is 0.263 e. The van der Waals surface area contributed by atoms with E-state index >= 15 is 0 Å². The fourth-order valence-corrected chi connectivity index (χ4v) is 3.99. The molecule has 0 bridgehead atoms. The minimum atomic E-state index is -0.405. The summed E-state index contributed by atoms with van der Waals surface area (Å²) >= 11 is 0. The van der Waals surface area contributed by atoms with Crippen LogP contribution in [0.1, 0.15) is 24.2 Å². The highest BCUT2D eigenvalue weighted by Crippen LogP contribution is 2.30. The number of para-hydroxylation sites is 1. The summed E-state index contributed by atoms with van der Waals surface area (Å²) in [6.45, 7) is 1.89. The molecule has 9 nitrogen and oxygen atoms in total. The highest BCUT2D eigenvalue weighted by Gasteiger charge is 2.20. The van der Waals surface area contributed by atoms with Gasteiger partial charge >= 0.3 is 0 Å². The number of fused-ring (bicyclic) bond motifs is 1. The molecule has 3 N–H and O–H groups in total. The number of nitrogen functional groups attached to an aromatic ring is 1. The SMILES string of the molecule is C[C@H](Nc1nc(N)ncc1C#N)c1cc2cccc(-c3cnoc3)c2c(=O)n1-c1ccccc1. The minimum Gasteiger partial charge on any atom is -0.368 e. The molecule has 2 aromatic carbocycles. The first-order valence-corrected chi connectivity index (χ1v) is 10.5. The van der Waals surface area contributed by atoms with E-state index in [1.807, 2.05) is 61.5 Å². The number of nitrogens with one attached hydrogen (secondary N) is 1. The van der Waals surface area contributed by atoms with Crippen LogP contribution in [0.15, 0.2) is 82.6 Å². The molecule has 5 aromatic rings. The van der Waals surface area contributed by atoms with Gasteiger partial charge in [0.2, 0.25) is 5.95 Å². The number of benzene rings is 2. The summed E-state index contributed by atoms with van der Waals surface area (Å²) in [5.74, 6) is 0.346. The number of rotatable bonds is 5. The van der Waals surface area contributed by atoms with Gasteiger partial charge in [0.05, 0.1) is 23.8 Å². The average Bonchev–Trinajstić information content (AvgIpc) is 3.39. The fourth-order valence-electron chi connectivity index (χ4n) is 3.99. The van der Waals surface area contributed by atoms with Crippen molar-refractivity contribution in [1.82, 2.24) is 19.7 Å². The predicted molar refractivity (Wildman–Crippen MR) is 128 cm³/mol. The second kappa shape index (κ2) is 8.52. The molecule has 0 spiro atoms. The molecule has 166 valence electrons. The van der Waals surface area contributed by atoms with Gasteiger partial charge in [-0.05, 0) is 36.1 Å². The number of hydrogen-bond acceptors (Lipinski definition) is 8. The van der Waals surface area contributed by atoms with Crippen molar-refractivity contribution in [3.05, 3.63) is 94.9 Å². The molecule has 0 aliphatic carbocycles. The molecule has 0 radical (unpaired) electrons. The summed E-state index contributed by atoms with van der Waals surface area (Å²) < 4.78 is 6.68. The largest absolute Gasteiger partial charge is 0.368 e. The van der Waals surface area contributed by atoms with Gasteiger partial charge in [-0.1, -0.05) is 41.6 Å². The Labute approximate surface area is 194 Å². The van der Waals surface area contributed by atoms with Gasteiger partial charge in [0.25, 0.3) is 5.56 Å². The number of nitriles is 1. The van der Waals surface area contributed by atoms with E-state index in [1.54, 1.807) is 10.8 Å². The molecule has 3 heterocycles. The molecular formula is C25H19N7O2. The second-order valence-electron chi connectivity index (χ2n) is 7.70. The van der Waals surface area contributed by atoms with Crippen LogP contribution in [0.5, 0.6) is 0 Å². The van der Waals surface area contributed by atoms with E-state index in [9.17, 15) is 10.1 Å². The van der Waals surface area contributed by atoms with Crippen molar-refractivity contribution in [2.75, 3.05) is 11.1 Å². The number of nitrogens with zero attached hydrogens (tertiary/aromatic N) is 5. The van der Waals surface area contributed by atoms with Crippen molar-refractivity contribution < 1.29 is 4.52 Å². The fraction of sp³-hybridized carbons (Fsp3) is 0.0800. The lowest BCUT2D eigenvalue weighted by Crippen LogP contribution is -2.26. The maximum atomic E-state index is 14.0. The Bertz CT molecular complexity index is 1590.